The molecule has 0 aromatic carbocycles. The minimum atomic E-state index is -0.644. The molecular weight excluding hydrogens is 326 g/mol. The van der Waals surface area contributed by atoms with E-state index < -0.39 is 5.60 Å². The topological polar surface area (TPSA) is 83.5 Å². The van der Waals surface area contributed by atoms with E-state index >= 15 is 0 Å². The summed E-state index contributed by atoms with van der Waals surface area (Å²) in [7, 11) is 0. The fourth-order valence-corrected chi connectivity index (χ4v) is 4.58. The fraction of sp³-hybridized carbons (Fsp3) is 0.773. The first-order valence-corrected chi connectivity index (χ1v) is 10.4. The molecule has 1 amide bonds. The van der Waals surface area contributed by atoms with Crippen molar-refractivity contribution in [3.05, 3.63) is 23.8 Å². The molecule has 4 N–H and O–H groups in total. The summed E-state index contributed by atoms with van der Waals surface area (Å²) in [6, 6.07) is 0. The fourth-order valence-electron chi connectivity index (χ4n) is 4.58. The molecule has 0 spiro atoms. The number of allylic oxidation sites excluding steroid dienone is 2. The van der Waals surface area contributed by atoms with E-state index in [9.17, 15) is 15.0 Å². The second-order valence-corrected chi connectivity index (χ2v) is 8.64. The zero-order valence-corrected chi connectivity index (χ0v) is 16.5. The van der Waals surface area contributed by atoms with E-state index in [4.69, 9.17) is 5.73 Å². The van der Waals surface area contributed by atoms with Crippen molar-refractivity contribution < 1.29 is 15.0 Å². The summed E-state index contributed by atoms with van der Waals surface area (Å²) in [5.74, 6) is 0.950. The Morgan fingerprint density at radius 2 is 2.15 bits per heavy atom. The zero-order chi connectivity index (χ0) is 19.2. The number of primary amides is 1. The highest BCUT2D eigenvalue weighted by atomic mass is 16.3. The maximum absolute atomic E-state index is 10.8. The first kappa shape index (κ1) is 21.2. The Morgan fingerprint density at radius 3 is 2.85 bits per heavy atom. The number of aliphatic hydroxyl groups is 2. The summed E-state index contributed by atoms with van der Waals surface area (Å²) in [5.41, 5.74) is 6.02. The van der Waals surface area contributed by atoms with Gasteiger partial charge in [-0.3, -0.25) is 4.79 Å². The molecular formula is C22H37NO3. The van der Waals surface area contributed by atoms with Gasteiger partial charge in [-0.1, -0.05) is 43.6 Å². The number of unbranched alkanes of at least 4 members (excludes halogenated alkanes) is 2. The van der Waals surface area contributed by atoms with Crippen molar-refractivity contribution in [3.63, 3.8) is 0 Å². The van der Waals surface area contributed by atoms with Crippen LogP contribution in [0.2, 0.25) is 0 Å². The third-order valence-electron chi connectivity index (χ3n) is 6.11. The minimum absolute atomic E-state index is 0.196. The molecule has 0 aromatic heterocycles. The molecule has 0 heterocycles. The summed E-state index contributed by atoms with van der Waals surface area (Å²) >= 11 is 0. The lowest BCUT2D eigenvalue weighted by molar-refractivity contribution is -0.118. The van der Waals surface area contributed by atoms with Gasteiger partial charge in [-0.15, -0.1) is 0 Å². The van der Waals surface area contributed by atoms with Crippen molar-refractivity contribution in [2.24, 2.45) is 23.5 Å². The van der Waals surface area contributed by atoms with E-state index in [0.717, 1.165) is 51.4 Å². The van der Waals surface area contributed by atoms with E-state index in [1.54, 1.807) is 0 Å². The van der Waals surface area contributed by atoms with Crippen LogP contribution >= 0.6 is 0 Å². The molecule has 26 heavy (non-hydrogen) atoms. The van der Waals surface area contributed by atoms with E-state index in [0.29, 0.717) is 24.7 Å². The van der Waals surface area contributed by atoms with Crippen LogP contribution in [0.25, 0.3) is 0 Å². The summed E-state index contributed by atoms with van der Waals surface area (Å²) in [5, 5.41) is 20.9. The Morgan fingerprint density at radius 1 is 1.38 bits per heavy atom. The van der Waals surface area contributed by atoms with Crippen LogP contribution in [0.3, 0.4) is 0 Å². The average Bonchev–Trinajstić information content (AvgIpc) is 3.07. The lowest BCUT2D eigenvalue weighted by Crippen LogP contribution is -2.23. The largest absolute Gasteiger partial charge is 0.392 e. The molecule has 5 atom stereocenters. The van der Waals surface area contributed by atoms with E-state index in [-0.39, 0.29) is 17.9 Å². The summed E-state index contributed by atoms with van der Waals surface area (Å²) in [6.07, 6.45) is 15.2. The van der Waals surface area contributed by atoms with Gasteiger partial charge in [0.25, 0.3) is 0 Å². The van der Waals surface area contributed by atoms with Crippen LogP contribution < -0.4 is 5.73 Å². The third-order valence-corrected chi connectivity index (χ3v) is 6.11. The van der Waals surface area contributed by atoms with E-state index in [2.05, 4.69) is 25.2 Å². The first-order chi connectivity index (χ1) is 12.3. The van der Waals surface area contributed by atoms with Crippen LogP contribution in [0.4, 0.5) is 0 Å². The Hall–Kier alpha value is -1.13. The van der Waals surface area contributed by atoms with Gasteiger partial charge in [-0.05, 0) is 63.7 Å². The van der Waals surface area contributed by atoms with Crippen molar-refractivity contribution in [2.45, 2.75) is 89.8 Å². The number of carbonyl (C=O) groups excluding carboxylic acids is 1. The summed E-state index contributed by atoms with van der Waals surface area (Å²) in [4.78, 5) is 10.8. The number of carbonyl (C=O) groups is 1. The number of aliphatic hydroxyl groups excluding tert-OH is 1. The highest BCUT2D eigenvalue weighted by molar-refractivity contribution is 5.73. The molecule has 4 heteroatoms. The smallest absolute Gasteiger partial charge is 0.217 e. The van der Waals surface area contributed by atoms with Gasteiger partial charge in [0.1, 0.15) is 0 Å². The lowest BCUT2D eigenvalue weighted by Gasteiger charge is -2.22. The molecule has 2 rings (SSSR count). The lowest BCUT2D eigenvalue weighted by atomic mass is 9.87. The van der Waals surface area contributed by atoms with Gasteiger partial charge in [0.15, 0.2) is 0 Å². The molecule has 148 valence electrons. The molecule has 0 radical (unpaired) electrons. The van der Waals surface area contributed by atoms with Crippen LogP contribution in [0.5, 0.6) is 0 Å². The first-order valence-electron chi connectivity index (χ1n) is 10.4. The predicted molar refractivity (Wildman–Crippen MR) is 105 cm³/mol. The Bertz CT molecular complexity index is 523. The monoisotopic (exact) mass is 363 g/mol. The van der Waals surface area contributed by atoms with E-state index in [1.165, 1.54) is 5.57 Å². The highest BCUT2D eigenvalue weighted by Gasteiger charge is 2.43. The molecule has 0 unspecified atom stereocenters. The van der Waals surface area contributed by atoms with E-state index in [1.807, 2.05) is 6.92 Å². The molecule has 1 saturated carbocycles. The average molecular weight is 364 g/mol. The van der Waals surface area contributed by atoms with Gasteiger partial charge in [-0.25, -0.2) is 0 Å². The summed E-state index contributed by atoms with van der Waals surface area (Å²) in [6.45, 7) is 4.04. The van der Waals surface area contributed by atoms with Crippen LogP contribution in [0.1, 0.15) is 78.1 Å². The minimum Gasteiger partial charge on any atom is -0.392 e. The number of fused-ring (bicyclic) bond motifs is 1. The molecule has 0 saturated heterocycles. The molecule has 0 bridgehead atoms. The second kappa shape index (κ2) is 9.70. The third kappa shape index (κ3) is 6.24. The number of amides is 1. The number of nitrogens with two attached hydrogens (primary N) is 1. The molecule has 1 fully saturated rings. The molecule has 0 aliphatic heterocycles. The van der Waals surface area contributed by atoms with Gasteiger partial charge >= 0.3 is 0 Å². The number of rotatable bonds is 11. The van der Waals surface area contributed by atoms with Gasteiger partial charge in [0.2, 0.25) is 5.91 Å². The highest BCUT2D eigenvalue weighted by Crippen LogP contribution is 2.48. The van der Waals surface area contributed by atoms with Crippen molar-refractivity contribution in [1.29, 1.82) is 0 Å². The maximum atomic E-state index is 10.8. The molecule has 2 aliphatic carbocycles. The van der Waals surface area contributed by atoms with Crippen molar-refractivity contribution in [2.75, 3.05) is 0 Å². The standard InChI is InChI=1S/C22H37NO3/c1-3-4-11-22(2,26)12-7-9-18-19-14-16(8-5-6-10-21(23)25)13-17(19)15-20(18)24/h7,9,13,17-20,24,26H,3-6,8,10-12,14-15H2,1-2H3,(H2,23,25)/b9-7+/t17-,18+,19-,20+,22-/m0/s1. The van der Waals surface area contributed by atoms with Crippen molar-refractivity contribution >= 4 is 5.91 Å². The SMILES string of the molecule is CCCC[C@](C)(O)C/C=C/[C@@H]1[C@H]2CC(CCCCC(N)=O)=C[C@H]2C[C@H]1O. The Balaban J connectivity index is 1.81. The second-order valence-electron chi connectivity index (χ2n) is 8.64. The Labute approximate surface area is 158 Å². The van der Waals surface area contributed by atoms with Gasteiger partial charge in [0, 0.05) is 12.3 Å². The molecule has 2 aliphatic rings. The number of hydrogen-bond donors (Lipinski definition) is 3. The zero-order valence-electron chi connectivity index (χ0n) is 16.5. The van der Waals surface area contributed by atoms with Gasteiger partial charge in [0.05, 0.1) is 11.7 Å². The van der Waals surface area contributed by atoms with Crippen LogP contribution in [0, 0.1) is 17.8 Å². The summed E-state index contributed by atoms with van der Waals surface area (Å²) < 4.78 is 0. The van der Waals surface area contributed by atoms with Crippen LogP contribution in [0.15, 0.2) is 23.8 Å². The molecule has 0 aromatic rings. The quantitative estimate of drug-likeness (QED) is 0.385. The normalized spacial score (nSPS) is 30.4. The maximum Gasteiger partial charge on any atom is 0.217 e. The predicted octanol–water partition coefficient (Wildman–Crippen LogP) is 3.86. The van der Waals surface area contributed by atoms with Crippen molar-refractivity contribution in [1.82, 2.24) is 0 Å². The van der Waals surface area contributed by atoms with Gasteiger partial charge in [-0.2, -0.15) is 0 Å². The van der Waals surface area contributed by atoms with Crippen LogP contribution in [-0.4, -0.2) is 27.8 Å². The van der Waals surface area contributed by atoms with Gasteiger partial charge < -0.3 is 15.9 Å². The van der Waals surface area contributed by atoms with Crippen molar-refractivity contribution in [3.8, 4) is 0 Å². The molecule has 4 nitrogen and oxygen atoms in total. The van der Waals surface area contributed by atoms with Crippen LogP contribution in [-0.2, 0) is 4.79 Å². The number of hydrogen-bond acceptors (Lipinski definition) is 3. The Kier molecular flexibility index (Phi) is 7.90.